The van der Waals surface area contributed by atoms with E-state index in [1.54, 1.807) is 64.7 Å². The van der Waals surface area contributed by atoms with Crippen LogP contribution in [0.4, 0.5) is 0 Å². The lowest BCUT2D eigenvalue weighted by molar-refractivity contribution is -0.116. The minimum Gasteiger partial charge on any atom is -0.493 e. The zero-order valence-corrected chi connectivity index (χ0v) is 16.0. The topological polar surface area (TPSA) is 67.9 Å². The Kier molecular flexibility index (Phi) is 7.00. The number of amides is 2. The van der Waals surface area contributed by atoms with E-state index in [1.165, 1.54) is 11.0 Å². The fourth-order valence-electron chi connectivity index (χ4n) is 2.41. The maximum Gasteiger partial charge on any atom is 0.253 e. The largest absolute Gasteiger partial charge is 0.493 e. The number of nitrogens with one attached hydrogen (secondary N) is 1. The highest BCUT2D eigenvalue weighted by Gasteiger charge is 2.07. The number of hydrogen-bond acceptors (Lipinski definition) is 4. The lowest BCUT2D eigenvalue weighted by Crippen LogP contribution is -2.21. The van der Waals surface area contributed by atoms with Gasteiger partial charge in [-0.3, -0.25) is 9.59 Å². The zero-order chi connectivity index (χ0) is 19.8. The average Bonchev–Trinajstić information content (AvgIpc) is 2.70. The number of ether oxygens (including phenoxy) is 2. The SMILES string of the molecule is COc1ccc(CNC(=O)/C=C/c2ccc(C(=O)N(C)C)cc2)cc1OC. The molecule has 0 aliphatic rings. The molecule has 0 radical (unpaired) electrons. The van der Waals surface area contributed by atoms with E-state index in [0.29, 0.717) is 23.6 Å². The van der Waals surface area contributed by atoms with Gasteiger partial charge >= 0.3 is 0 Å². The number of carbonyl (C=O) groups is 2. The molecule has 0 unspecified atom stereocenters. The van der Waals surface area contributed by atoms with Crippen molar-refractivity contribution in [1.82, 2.24) is 10.2 Å². The van der Waals surface area contributed by atoms with Crippen molar-refractivity contribution in [2.45, 2.75) is 6.54 Å². The average molecular weight is 368 g/mol. The Morgan fingerprint density at radius 3 is 2.26 bits per heavy atom. The van der Waals surface area contributed by atoms with E-state index in [2.05, 4.69) is 5.32 Å². The standard InChI is InChI=1S/C21H24N2O4/c1-23(2)21(25)17-9-5-15(6-10-17)8-12-20(24)22-14-16-7-11-18(26-3)19(13-16)27-4/h5-13H,14H2,1-4H3,(H,22,24)/b12-8+. The molecule has 0 aliphatic heterocycles. The highest BCUT2D eigenvalue weighted by atomic mass is 16.5. The van der Waals surface area contributed by atoms with Crippen LogP contribution in [0.1, 0.15) is 21.5 Å². The van der Waals surface area contributed by atoms with Crippen molar-refractivity contribution in [1.29, 1.82) is 0 Å². The van der Waals surface area contributed by atoms with Crippen LogP contribution in [0.15, 0.2) is 48.5 Å². The number of methoxy groups -OCH3 is 2. The van der Waals surface area contributed by atoms with Gasteiger partial charge in [0.1, 0.15) is 0 Å². The first-order valence-electron chi connectivity index (χ1n) is 8.43. The van der Waals surface area contributed by atoms with Crippen LogP contribution >= 0.6 is 0 Å². The van der Waals surface area contributed by atoms with Crippen LogP contribution in [0.2, 0.25) is 0 Å². The molecule has 0 heterocycles. The van der Waals surface area contributed by atoms with Crippen LogP contribution in [0.25, 0.3) is 6.08 Å². The van der Waals surface area contributed by atoms with Crippen molar-refractivity contribution >= 4 is 17.9 Å². The van der Waals surface area contributed by atoms with E-state index in [9.17, 15) is 9.59 Å². The number of benzene rings is 2. The van der Waals surface area contributed by atoms with Gasteiger partial charge in [-0.2, -0.15) is 0 Å². The fraction of sp³-hybridized carbons (Fsp3) is 0.238. The molecular weight excluding hydrogens is 344 g/mol. The molecule has 2 aromatic carbocycles. The highest BCUT2D eigenvalue weighted by molar-refractivity contribution is 5.94. The number of nitrogens with zero attached hydrogens (tertiary/aromatic N) is 1. The van der Waals surface area contributed by atoms with Crippen molar-refractivity contribution in [2.24, 2.45) is 0 Å². The molecule has 142 valence electrons. The number of carbonyl (C=O) groups excluding carboxylic acids is 2. The van der Waals surface area contributed by atoms with Crippen molar-refractivity contribution in [3.05, 3.63) is 65.2 Å². The molecule has 2 amide bonds. The Morgan fingerprint density at radius 1 is 1.00 bits per heavy atom. The smallest absolute Gasteiger partial charge is 0.253 e. The monoisotopic (exact) mass is 368 g/mol. The van der Waals surface area contributed by atoms with Gasteiger partial charge in [0.2, 0.25) is 5.91 Å². The van der Waals surface area contributed by atoms with Crippen LogP contribution in [0, 0.1) is 0 Å². The Hall–Kier alpha value is -3.28. The lowest BCUT2D eigenvalue weighted by Gasteiger charge is -2.10. The summed E-state index contributed by atoms with van der Waals surface area (Å²) in [6, 6.07) is 12.6. The van der Waals surface area contributed by atoms with Gasteiger partial charge in [-0.05, 0) is 41.5 Å². The summed E-state index contributed by atoms with van der Waals surface area (Å²) in [6.45, 7) is 0.375. The third-order valence-electron chi connectivity index (χ3n) is 3.91. The molecule has 27 heavy (non-hydrogen) atoms. The molecule has 0 fully saturated rings. The maximum atomic E-state index is 12.0. The summed E-state index contributed by atoms with van der Waals surface area (Å²) in [5, 5.41) is 2.82. The van der Waals surface area contributed by atoms with E-state index >= 15 is 0 Å². The summed E-state index contributed by atoms with van der Waals surface area (Å²) >= 11 is 0. The van der Waals surface area contributed by atoms with Crippen LogP contribution in [0.3, 0.4) is 0 Å². The second-order valence-corrected chi connectivity index (χ2v) is 6.06. The van der Waals surface area contributed by atoms with Crippen LogP contribution in [0.5, 0.6) is 11.5 Å². The fourth-order valence-corrected chi connectivity index (χ4v) is 2.41. The predicted octanol–water partition coefficient (Wildman–Crippen LogP) is 2.74. The second-order valence-electron chi connectivity index (χ2n) is 6.06. The van der Waals surface area contributed by atoms with E-state index < -0.39 is 0 Å². The third-order valence-corrected chi connectivity index (χ3v) is 3.91. The van der Waals surface area contributed by atoms with E-state index in [0.717, 1.165) is 11.1 Å². The van der Waals surface area contributed by atoms with E-state index in [-0.39, 0.29) is 11.8 Å². The second kappa shape index (κ2) is 9.43. The summed E-state index contributed by atoms with van der Waals surface area (Å²) in [5.41, 5.74) is 2.35. The first-order valence-corrected chi connectivity index (χ1v) is 8.43. The molecule has 6 nitrogen and oxygen atoms in total. The minimum absolute atomic E-state index is 0.0572. The number of hydrogen-bond donors (Lipinski definition) is 1. The summed E-state index contributed by atoms with van der Waals surface area (Å²) in [7, 11) is 6.56. The van der Waals surface area contributed by atoms with Gasteiger partial charge in [0, 0.05) is 32.3 Å². The first-order chi connectivity index (χ1) is 12.9. The molecule has 1 N–H and O–H groups in total. The van der Waals surface area contributed by atoms with E-state index in [4.69, 9.17) is 9.47 Å². The van der Waals surface area contributed by atoms with Crippen LogP contribution in [-0.2, 0) is 11.3 Å². The molecule has 0 saturated carbocycles. The Morgan fingerprint density at radius 2 is 1.67 bits per heavy atom. The van der Waals surface area contributed by atoms with Gasteiger partial charge in [0.05, 0.1) is 14.2 Å². The van der Waals surface area contributed by atoms with Gasteiger partial charge in [0.15, 0.2) is 11.5 Å². The zero-order valence-electron chi connectivity index (χ0n) is 16.0. The van der Waals surface area contributed by atoms with Crippen LogP contribution < -0.4 is 14.8 Å². The van der Waals surface area contributed by atoms with Crippen molar-refractivity contribution in [3.63, 3.8) is 0 Å². The molecule has 0 aromatic heterocycles. The highest BCUT2D eigenvalue weighted by Crippen LogP contribution is 2.27. The summed E-state index contributed by atoms with van der Waals surface area (Å²) < 4.78 is 10.4. The molecule has 6 heteroatoms. The van der Waals surface area contributed by atoms with Crippen molar-refractivity contribution < 1.29 is 19.1 Å². The minimum atomic E-state index is -0.210. The maximum absolute atomic E-state index is 12.0. The Bertz CT molecular complexity index is 827. The van der Waals surface area contributed by atoms with Gasteiger partial charge in [-0.25, -0.2) is 0 Å². The Balaban J connectivity index is 1.93. The molecule has 0 bridgehead atoms. The predicted molar refractivity (Wildman–Crippen MR) is 105 cm³/mol. The lowest BCUT2D eigenvalue weighted by atomic mass is 10.1. The molecular formula is C21H24N2O4. The Labute approximate surface area is 159 Å². The van der Waals surface area contributed by atoms with Crippen molar-refractivity contribution in [3.8, 4) is 11.5 Å². The van der Waals surface area contributed by atoms with Crippen LogP contribution in [-0.4, -0.2) is 45.0 Å². The van der Waals surface area contributed by atoms with Gasteiger partial charge in [-0.1, -0.05) is 18.2 Å². The molecule has 0 saturated heterocycles. The summed E-state index contributed by atoms with van der Waals surface area (Å²) in [4.78, 5) is 25.4. The first kappa shape index (κ1) is 20.0. The molecule has 0 atom stereocenters. The molecule has 0 aliphatic carbocycles. The summed E-state index contributed by atoms with van der Waals surface area (Å²) in [5.74, 6) is 0.993. The number of rotatable bonds is 7. The normalized spacial score (nSPS) is 10.5. The van der Waals surface area contributed by atoms with Gasteiger partial charge < -0.3 is 19.7 Å². The molecule has 0 spiro atoms. The van der Waals surface area contributed by atoms with E-state index in [1.807, 2.05) is 12.1 Å². The molecule has 2 rings (SSSR count). The quantitative estimate of drug-likeness (QED) is 0.763. The van der Waals surface area contributed by atoms with Crippen molar-refractivity contribution in [2.75, 3.05) is 28.3 Å². The summed E-state index contributed by atoms with van der Waals surface area (Å²) in [6.07, 6.45) is 3.16. The van der Waals surface area contributed by atoms with Gasteiger partial charge in [0.25, 0.3) is 5.91 Å². The van der Waals surface area contributed by atoms with Gasteiger partial charge in [-0.15, -0.1) is 0 Å². The third kappa shape index (κ3) is 5.60. The molecule has 2 aromatic rings.